The van der Waals surface area contributed by atoms with E-state index in [2.05, 4.69) is 5.32 Å². The summed E-state index contributed by atoms with van der Waals surface area (Å²) in [7, 11) is 0. The Hall–Kier alpha value is -1.82. The van der Waals surface area contributed by atoms with Crippen LogP contribution < -0.4 is 5.32 Å². The standard InChI is InChI=1S/C13H14N2O3S/c16-11(8-10-4-2-1-3-5-10)14-6-7-15-12(17)9-19-13(15)18/h1-5H,6-9H2,(H,14,16). The van der Waals surface area contributed by atoms with E-state index in [-0.39, 0.29) is 29.4 Å². The highest BCUT2D eigenvalue weighted by atomic mass is 32.2. The molecule has 0 atom stereocenters. The van der Waals surface area contributed by atoms with Gasteiger partial charge in [-0.15, -0.1) is 0 Å². The number of rotatable bonds is 5. The summed E-state index contributed by atoms with van der Waals surface area (Å²) in [6.07, 6.45) is 0.303. The summed E-state index contributed by atoms with van der Waals surface area (Å²) in [6.45, 7) is 0.537. The number of nitrogens with one attached hydrogen (secondary N) is 1. The molecule has 0 aromatic heterocycles. The smallest absolute Gasteiger partial charge is 0.288 e. The molecule has 1 aliphatic heterocycles. The highest BCUT2D eigenvalue weighted by molar-refractivity contribution is 8.14. The molecule has 0 aliphatic carbocycles. The van der Waals surface area contributed by atoms with Gasteiger partial charge in [0.15, 0.2) is 0 Å². The molecule has 3 amide bonds. The Kier molecular flexibility index (Phi) is 4.57. The highest BCUT2D eigenvalue weighted by Gasteiger charge is 2.29. The van der Waals surface area contributed by atoms with Crippen LogP contribution in [0.4, 0.5) is 4.79 Å². The molecule has 100 valence electrons. The minimum absolute atomic E-state index is 0.113. The van der Waals surface area contributed by atoms with E-state index in [1.807, 2.05) is 30.3 Å². The van der Waals surface area contributed by atoms with Gasteiger partial charge in [0.2, 0.25) is 11.8 Å². The van der Waals surface area contributed by atoms with Crippen molar-refractivity contribution < 1.29 is 14.4 Å². The lowest BCUT2D eigenvalue weighted by atomic mass is 10.1. The van der Waals surface area contributed by atoms with Crippen LogP contribution in [0.25, 0.3) is 0 Å². The predicted octanol–water partition coefficient (Wildman–Crippen LogP) is 1.04. The van der Waals surface area contributed by atoms with Crippen LogP contribution in [-0.4, -0.2) is 40.8 Å². The number of hydrogen-bond acceptors (Lipinski definition) is 4. The molecule has 2 rings (SSSR count). The summed E-state index contributed by atoms with van der Waals surface area (Å²) in [5, 5.41) is 2.47. The van der Waals surface area contributed by atoms with E-state index >= 15 is 0 Å². The van der Waals surface area contributed by atoms with Crippen molar-refractivity contribution in [2.75, 3.05) is 18.8 Å². The Morgan fingerprint density at radius 1 is 1.26 bits per heavy atom. The maximum atomic E-state index is 11.6. The Balaban J connectivity index is 1.72. The lowest BCUT2D eigenvalue weighted by molar-refractivity contribution is -0.125. The first-order valence-electron chi connectivity index (χ1n) is 5.94. The second-order valence-corrected chi connectivity index (χ2v) is 5.04. The molecule has 5 nitrogen and oxygen atoms in total. The topological polar surface area (TPSA) is 66.5 Å². The van der Waals surface area contributed by atoms with Gasteiger partial charge in [0.05, 0.1) is 12.2 Å². The fourth-order valence-electron chi connectivity index (χ4n) is 1.75. The molecule has 1 fully saturated rings. The summed E-state index contributed by atoms with van der Waals surface area (Å²) in [4.78, 5) is 35.4. The monoisotopic (exact) mass is 278 g/mol. The first-order chi connectivity index (χ1) is 9.16. The normalized spacial score (nSPS) is 14.8. The van der Waals surface area contributed by atoms with Crippen LogP contribution in [0.15, 0.2) is 30.3 Å². The Labute approximate surface area is 115 Å². The largest absolute Gasteiger partial charge is 0.354 e. The zero-order valence-corrected chi connectivity index (χ0v) is 11.1. The zero-order chi connectivity index (χ0) is 13.7. The van der Waals surface area contributed by atoms with Gasteiger partial charge in [0, 0.05) is 13.1 Å². The molecule has 0 spiro atoms. The van der Waals surface area contributed by atoms with E-state index in [9.17, 15) is 14.4 Å². The summed E-state index contributed by atoms with van der Waals surface area (Å²) < 4.78 is 0. The van der Waals surface area contributed by atoms with Crippen LogP contribution in [0.1, 0.15) is 5.56 Å². The number of thioether (sulfide) groups is 1. The van der Waals surface area contributed by atoms with E-state index in [1.54, 1.807) is 0 Å². The van der Waals surface area contributed by atoms with Crippen LogP contribution in [-0.2, 0) is 16.0 Å². The van der Waals surface area contributed by atoms with Crippen molar-refractivity contribution in [3.8, 4) is 0 Å². The van der Waals surface area contributed by atoms with Crippen molar-refractivity contribution in [2.24, 2.45) is 0 Å². The van der Waals surface area contributed by atoms with E-state index in [0.717, 1.165) is 17.3 Å². The predicted molar refractivity (Wildman–Crippen MR) is 72.7 cm³/mol. The molecule has 1 aromatic rings. The van der Waals surface area contributed by atoms with Crippen LogP contribution in [0.2, 0.25) is 0 Å². The maximum absolute atomic E-state index is 11.6. The average Bonchev–Trinajstić information content (AvgIpc) is 2.71. The van der Waals surface area contributed by atoms with Crippen LogP contribution in [0, 0.1) is 0 Å². The van der Waals surface area contributed by atoms with Crippen molar-refractivity contribution in [2.45, 2.75) is 6.42 Å². The van der Waals surface area contributed by atoms with Gasteiger partial charge in [-0.05, 0) is 5.56 Å². The molecule has 0 bridgehead atoms. The molecule has 0 saturated carbocycles. The lowest BCUT2D eigenvalue weighted by Gasteiger charge is -2.13. The molecule has 6 heteroatoms. The van der Waals surface area contributed by atoms with Gasteiger partial charge in [0.25, 0.3) is 5.24 Å². The fourth-order valence-corrected chi connectivity index (χ4v) is 2.50. The van der Waals surface area contributed by atoms with E-state index in [0.29, 0.717) is 13.0 Å². The van der Waals surface area contributed by atoms with Crippen LogP contribution in [0.5, 0.6) is 0 Å². The van der Waals surface area contributed by atoms with Crippen molar-refractivity contribution >= 4 is 28.8 Å². The third-order valence-electron chi connectivity index (χ3n) is 2.71. The Morgan fingerprint density at radius 2 is 2.00 bits per heavy atom. The Morgan fingerprint density at radius 3 is 2.63 bits per heavy atom. The van der Waals surface area contributed by atoms with Crippen LogP contribution >= 0.6 is 11.8 Å². The number of hydrogen-bond donors (Lipinski definition) is 1. The quantitative estimate of drug-likeness (QED) is 0.874. The summed E-state index contributed by atoms with van der Waals surface area (Å²) in [5.41, 5.74) is 0.934. The molecule has 0 unspecified atom stereocenters. The fraction of sp³-hybridized carbons (Fsp3) is 0.308. The molecular weight excluding hydrogens is 264 g/mol. The van der Waals surface area contributed by atoms with Gasteiger partial charge in [-0.2, -0.15) is 0 Å². The zero-order valence-electron chi connectivity index (χ0n) is 10.3. The van der Waals surface area contributed by atoms with Crippen molar-refractivity contribution in [1.29, 1.82) is 0 Å². The van der Waals surface area contributed by atoms with Gasteiger partial charge in [0.1, 0.15) is 0 Å². The maximum Gasteiger partial charge on any atom is 0.288 e. The average molecular weight is 278 g/mol. The van der Waals surface area contributed by atoms with Gasteiger partial charge < -0.3 is 5.32 Å². The minimum Gasteiger partial charge on any atom is -0.354 e. The molecule has 1 heterocycles. The third-order valence-corrected chi connectivity index (χ3v) is 3.56. The van der Waals surface area contributed by atoms with E-state index in [1.165, 1.54) is 4.90 Å². The molecule has 19 heavy (non-hydrogen) atoms. The molecule has 1 saturated heterocycles. The number of amides is 3. The van der Waals surface area contributed by atoms with Gasteiger partial charge in [-0.25, -0.2) is 0 Å². The molecule has 1 N–H and O–H groups in total. The van der Waals surface area contributed by atoms with Crippen molar-refractivity contribution in [3.05, 3.63) is 35.9 Å². The first-order valence-corrected chi connectivity index (χ1v) is 6.93. The number of imide groups is 1. The second-order valence-electron chi connectivity index (χ2n) is 4.11. The van der Waals surface area contributed by atoms with Crippen molar-refractivity contribution in [3.63, 3.8) is 0 Å². The highest BCUT2D eigenvalue weighted by Crippen LogP contribution is 2.17. The van der Waals surface area contributed by atoms with E-state index in [4.69, 9.17) is 0 Å². The molecule has 1 aliphatic rings. The van der Waals surface area contributed by atoms with Gasteiger partial charge in [-0.1, -0.05) is 42.1 Å². The second kappa shape index (κ2) is 6.38. The third kappa shape index (κ3) is 3.82. The first kappa shape index (κ1) is 13.6. The van der Waals surface area contributed by atoms with Crippen molar-refractivity contribution in [1.82, 2.24) is 10.2 Å². The molecular formula is C13H14N2O3S. The van der Waals surface area contributed by atoms with Gasteiger partial charge >= 0.3 is 0 Å². The van der Waals surface area contributed by atoms with Crippen LogP contribution in [0.3, 0.4) is 0 Å². The summed E-state index contributed by atoms with van der Waals surface area (Å²) >= 11 is 1.000. The molecule has 1 aromatic carbocycles. The van der Waals surface area contributed by atoms with E-state index < -0.39 is 0 Å². The minimum atomic E-state index is -0.234. The number of carbonyl (C=O) groups excluding carboxylic acids is 3. The number of carbonyl (C=O) groups is 3. The summed E-state index contributed by atoms with van der Waals surface area (Å²) in [5.74, 6) is -0.0955. The summed E-state index contributed by atoms with van der Waals surface area (Å²) in [6, 6.07) is 9.40. The van der Waals surface area contributed by atoms with Gasteiger partial charge in [-0.3, -0.25) is 19.3 Å². The Bertz CT molecular complexity index is 474. The number of nitrogens with zero attached hydrogens (tertiary/aromatic N) is 1. The SMILES string of the molecule is O=C(Cc1ccccc1)NCCN1C(=O)CSC1=O. The molecule has 0 radical (unpaired) electrons. The lowest BCUT2D eigenvalue weighted by Crippen LogP contribution is -2.37. The number of benzene rings is 1.